The van der Waals surface area contributed by atoms with Gasteiger partial charge < -0.3 is 15.2 Å². The standard InChI is InChI=1S/C16H19FNO4.K/c1-10-4-6-12(7-5-10)8-13(15(21)22)18-14(20)11(2)16(3,17)9-19;/h4-7,11,13H,8H2,1-3H3,(H,18,20)(H,21,22);/q-1;+1/i11D;. The van der Waals surface area contributed by atoms with Gasteiger partial charge in [0.25, 0.3) is 0 Å². The van der Waals surface area contributed by atoms with E-state index in [1.807, 2.05) is 6.92 Å². The van der Waals surface area contributed by atoms with Crippen LogP contribution in [0, 0.1) is 12.8 Å². The van der Waals surface area contributed by atoms with E-state index in [4.69, 9.17) is 1.37 Å². The summed E-state index contributed by atoms with van der Waals surface area (Å²) >= 11 is 0. The Kier molecular flexibility index (Phi) is 8.56. The van der Waals surface area contributed by atoms with Gasteiger partial charge in [0.2, 0.25) is 5.91 Å². The number of carboxylic acid groups (broad SMARTS) is 1. The molecule has 0 aliphatic carbocycles. The van der Waals surface area contributed by atoms with Gasteiger partial charge in [-0.2, -0.15) is 0 Å². The van der Waals surface area contributed by atoms with Gasteiger partial charge in [-0.05, 0) is 12.5 Å². The van der Waals surface area contributed by atoms with Crippen LogP contribution in [0.1, 0.15) is 26.3 Å². The molecular weight excluding hydrogens is 328 g/mol. The Morgan fingerprint density at radius 1 is 1.43 bits per heavy atom. The number of benzene rings is 1. The number of carbonyl (C=O) groups excluding carboxylic acids is 2. The van der Waals surface area contributed by atoms with Crippen LogP contribution in [-0.2, 0) is 20.8 Å². The number of carboxylic acids is 1. The molecule has 0 fully saturated rings. The maximum absolute atomic E-state index is 14.0. The molecule has 120 valence electrons. The minimum Gasteiger partial charge on any atom is -0.539 e. The van der Waals surface area contributed by atoms with Crippen molar-refractivity contribution >= 4 is 18.2 Å². The Bertz CT molecular complexity index is 605. The molecule has 23 heavy (non-hydrogen) atoms. The van der Waals surface area contributed by atoms with E-state index in [2.05, 4.69) is 5.32 Å². The number of aryl methyl sites for hydroxylation is 1. The average molecular weight is 348 g/mol. The van der Waals surface area contributed by atoms with E-state index in [9.17, 15) is 23.9 Å². The van der Waals surface area contributed by atoms with Crippen LogP contribution in [0.3, 0.4) is 0 Å². The smallest absolute Gasteiger partial charge is 0.539 e. The van der Waals surface area contributed by atoms with Crippen molar-refractivity contribution < 1.29 is 76.6 Å². The van der Waals surface area contributed by atoms with Gasteiger partial charge in [-0.3, -0.25) is 9.18 Å². The number of rotatable bonds is 7. The van der Waals surface area contributed by atoms with Gasteiger partial charge in [-0.25, -0.2) is 11.1 Å². The zero-order valence-electron chi connectivity index (χ0n) is 14.6. The predicted octanol–water partition coefficient (Wildman–Crippen LogP) is -1.42. The first-order chi connectivity index (χ1) is 10.5. The fraction of sp³-hybridized carbons (Fsp3) is 0.438. The summed E-state index contributed by atoms with van der Waals surface area (Å²) in [6, 6.07) is 5.69. The Hall–Kier alpha value is -0.604. The molecule has 7 heteroatoms. The number of carbonyl (C=O) groups is 2. The summed E-state index contributed by atoms with van der Waals surface area (Å²) in [5, 5.41) is 11.3. The van der Waals surface area contributed by atoms with Gasteiger partial charge in [0.15, 0.2) is 0 Å². The van der Waals surface area contributed by atoms with E-state index >= 15 is 0 Å². The number of alkyl halides is 1. The molecule has 0 bridgehead atoms. The number of nitrogens with one attached hydrogen (secondary N) is 1. The quantitative estimate of drug-likeness (QED) is 0.468. The molecule has 5 nitrogen and oxygen atoms in total. The van der Waals surface area contributed by atoms with Crippen LogP contribution in [0.2, 0.25) is 0 Å². The molecule has 0 heterocycles. The molecule has 2 N–H and O–H groups in total. The molecule has 3 unspecified atom stereocenters. The Morgan fingerprint density at radius 2 is 1.96 bits per heavy atom. The third kappa shape index (κ3) is 6.80. The van der Waals surface area contributed by atoms with Crippen molar-refractivity contribution in [2.24, 2.45) is 5.89 Å². The number of hydrogen-bond donors (Lipinski definition) is 2. The summed E-state index contributed by atoms with van der Waals surface area (Å²) in [4.78, 5) is 34.0. The van der Waals surface area contributed by atoms with E-state index in [-0.39, 0.29) is 57.8 Å². The zero-order valence-corrected chi connectivity index (χ0v) is 16.8. The zero-order chi connectivity index (χ0) is 17.8. The summed E-state index contributed by atoms with van der Waals surface area (Å²) in [7, 11) is 0. The second kappa shape index (κ2) is 9.63. The molecule has 1 rings (SSSR count). The SMILES string of the molecule is [2H]C(C)(C(=O)NC(Cc1ccc(C)cc1)C(=O)O)C(C)(F)[C-]=O.[K+]. The summed E-state index contributed by atoms with van der Waals surface area (Å²) in [5.74, 6) is -4.99. The second-order valence-electron chi connectivity index (χ2n) is 5.28. The van der Waals surface area contributed by atoms with Crippen LogP contribution in [-0.4, -0.2) is 35.0 Å². The number of amides is 1. The molecule has 3 atom stereocenters. The molecule has 0 aromatic heterocycles. The van der Waals surface area contributed by atoms with E-state index in [0.717, 1.165) is 25.7 Å². The minimum absolute atomic E-state index is 0. The second-order valence-corrected chi connectivity index (χ2v) is 5.28. The fourth-order valence-electron chi connectivity index (χ4n) is 1.72. The molecule has 0 aliphatic heterocycles. The molecule has 1 aromatic carbocycles. The summed E-state index contributed by atoms with van der Waals surface area (Å²) in [6.45, 7) is 3.53. The first kappa shape index (κ1) is 20.4. The van der Waals surface area contributed by atoms with Gasteiger partial charge >= 0.3 is 57.4 Å². The van der Waals surface area contributed by atoms with Crippen molar-refractivity contribution in [3.05, 3.63) is 35.4 Å². The fourth-order valence-corrected chi connectivity index (χ4v) is 1.72. The molecule has 0 saturated carbocycles. The van der Waals surface area contributed by atoms with Crippen LogP contribution >= 0.6 is 0 Å². The Morgan fingerprint density at radius 3 is 2.39 bits per heavy atom. The number of halogens is 1. The third-order valence-corrected chi connectivity index (χ3v) is 3.40. The van der Waals surface area contributed by atoms with E-state index in [0.29, 0.717) is 5.56 Å². The van der Waals surface area contributed by atoms with E-state index in [1.165, 1.54) is 0 Å². The maximum Gasteiger partial charge on any atom is 1.00 e. The topological polar surface area (TPSA) is 83.5 Å². The number of aliphatic carboxylic acids is 1. The normalized spacial score (nSPS) is 17.5. The summed E-state index contributed by atoms with van der Waals surface area (Å²) in [5.41, 5.74) is -1.19. The summed E-state index contributed by atoms with van der Waals surface area (Å²) in [6.07, 6.45) is 0.986. The molecule has 1 amide bonds. The van der Waals surface area contributed by atoms with Crippen LogP contribution in [0.4, 0.5) is 4.39 Å². The molecular formula is C16H19FKNO4. The van der Waals surface area contributed by atoms with Gasteiger partial charge in [-0.1, -0.05) is 43.7 Å². The third-order valence-electron chi connectivity index (χ3n) is 3.40. The van der Waals surface area contributed by atoms with Crippen molar-refractivity contribution in [3.63, 3.8) is 0 Å². The Labute approximate surface area is 178 Å². The molecule has 0 radical (unpaired) electrons. The minimum atomic E-state index is -2.86. The van der Waals surface area contributed by atoms with Gasteiger partial charge in [0.05, 0.1) is 0 Å². The van der Waals surface area contributed by atoms with E-state index in [1.54, 1.807) is 24.3 Å². The Balaban J connectivity index is 0.00000529. The van der Waals surface area contributed by atoms with Crippen molar-refractivity contribution in [1.29, 1.82) is 0 Å². The molecule has 0 spiro atoms. The van der Waals surface area contributed by atoms with Crippen LogP contribution in [0.25, 0.3) is 0 Å². The average Bonchev–Trinajstić information content (AvgIpc) is 2.48. The van der Waals surface area contributed by atoms with Crippen molar-refractivity contribution in [2.45, 2.75) is 38.9 Å². The maximum atomic E-state index is 14.0. The van der Waals surface area contributed by atoms with E-state index < -0.39 is 29.5 Å². The van der Waals surface area contributed by atoms with Crippen LogP contribution in [0.5, 0.6) is 0 Å². The van der Waals surface area contributed by atoms with Gasteiger partial charge in [-0.15, -0.1) is 0 Å². The largest absolute Gasteiger partial charge is 1.00 e. The van der Waals surface area contributed by atoms with Crippen molar-refractivity contribution in [2.75, 3.05) is 0 Å². The molecule has 1 aromatic rings. The number of hydrogen-bond acceptors (Lipinski definition) is 3. The first-order valence-electron chi connectivity index (χ1n) is 7.19. The summed E-state index contributed by atoms with van der Waals surface area (Å²) < 4.78 is 21.7. The van der Waals surface area contributed by atoms with Crippen LogP contribution in [0.15, 0.2) is 24.3 Å². The van der Waals surface area contributed by atoms with Crippen molar-refractivity contribution in [3.8, 4) is 0 Å². The molecule has 0 saturated heterocycles. The van der Waals surface area contributed by atoms with Crippen LogP contribution < -0.4 is 56.7 Å². The first-order valence-corrected chi connectivity index (χ1v) is 6.69. The van der Waals surface area contributed by atoms with Gasteiger partial charge in [0, 0.05) is 19.4 Å². The monoisotopic (exact) mass is 348 g/mol. The molecule has 0 aliphatic rings. The van der Waals surface area contributed by atoms with Crippen molar-refractivity contribution in [1.82, 2.24) is 5.32 Å². The predicted molar refractivity (Wildman–Crippen MR) is 78.8 cm³/mol. The van der Waals surface area contributed by atoms with Gasteiger partial charge in [0.1, 0.15) is 6.04 Å².